The summed E-state index contributed by atoms with van der Waals surface area (Å²) in [5.41, 5.74) is 2.74. The first-order valence-electron chi connectivity index (χ1n) is 8.24. The number of nitrogens with one attached hydrogen (secondary N) is 2. The van der Waals surface area contributed by atoms with Gasteiger partial charge in [0.1, 0.15) is 0 Å². The Morgan fingerprint density at radius 3 is 2.64 bits per heavy atom. The molecule has 0 radical (unpaired) electrons. The van der Waals surface area contributed by atoms with E-state index in [2.05, 4.69) is 48.7 Å². The van der Waals surface area contributed by atoms with Crippen LogP contribution < -0.4 is 10.6 Å². The largest absolute Gasteiger partial charge is 0.356 e. The molecule has 0 saturated carbocycles. The SMILES string of the molecule is CC(C)c1ccc(CCCNC(=O)CC2CCCN2)cc1.Cl. The number of carbonyl (C=O) groups excluding carboxylic acids is 1. The smallest absolute Gasteiger partial charge is 0.221 e. The van der Waals surface area contributed by atoms with E-state index in [0.717, 1.165) is 32.4 Å². The molecular formula is C18H29ClN2O. The number of hydrogen-bond donors (Lipinski definition) is 2. The molecule has 2 rings (SSSR count). The van der Waals surface area contributed by atoms with Crippen LogP contribution in [0.1, 0.15) is 56.6 Å². The fourth-order valence-corrected chi connectivity index (χ4v) is 2.82. The molecule has 1 atom stereocenters. The molecule has 1 aromatic rings. The maximum Gasteiger partial charge on any atom is 0.221 e. The molecule has 4 heteroatoms. The summed E-state index contributed by atoms with van der Waals surface area (Å²) in [7, 11) is 0. The van der Waals surface area contributed by atoms with Gasteiger partial charge in [-0.05, 0) is 49.3 Å². The highest BCUT2D eigenvalue weighted by Crippen LogP contribution is 2.15. The third-order valence-corrected chi connectivity index (χ3v) is 4.20. The molecule has 1 heterocycles. The van der Waals surface area contributed by atoms with E-state index in [1.54, 1.807) is 0 Å². The van der Waals surface area contributed by atoms with Crippen LogP contribution in [0.25, 0.3) is 0 Å². The van der Waals surface area contributed by atoms with Gasteiger partial charge in [-0.3, -0.25) is 4.79 Å². The maximum atomic E-state index is 11.8. The molecule has 1 amide bonds. The predicted octanol–water partition coefficient (Wildman–Crippen LogP) is 3.42. The highest BCUT2D eigenvalue weighted by molar-refractivity contribution is 5.85. The fourth-order valence-electron chi connectivity index (χ4n) is 2.82. The zero-order chi connectivity index (χ0) is 15.1. The van der Waals surface area contributed by atoms with Crippen LogP contribution in [0.4, 0.5) is 0 Å². The molecule has 2 N–H and O–H groups in total. The number of carbonyl (C=O) groups is 1. The minimum Gasteiger partial charge on any atom is -0.356 e. The monoisotopic (exact) mass is 324 g/mol. The Labute approximate surface area is 140 Å². The van der Waals surface area contributed by atoms with Crippen LogP contribution in [0.5, 0.6) is 0 Å². The van der Waals surface area contributed by atoms with Crippen LogP contribution in [0.3, 0.4) is 0 Å². The van der Waals surface area contributed by atoms with Crippen LogP contribution >= 0.6 is 12.4 Å². The summed E-state index contributed by atoms with van der Waals surface area (Å²) in [5, 5.41) is 6.39. The van der Waals surface area contributed by atoms with Gasteiger partial charge in [0, 0.05) is 19.0 Å². The second kappa shape index (κ2) is 9.86. The number of aryl methyl sites for hydroxylation is 1. The number of rotatable bonds is 7. The quantitative estimate of drug-likeness (QED) is 0.754. The first-order valence-corrected chi connectivity index (χ1v) is 8.24. The van der Waals surface area contributed by atoms with Crippen LogP contribution in [-0.4, -0.2) is 25.0 Å². The van der Waals surface area contributed by atoms with Crippen molar-refractivity contribution in [3.8, 4) is 0 Å². The molecule has 1 fully saturated rings. The van der Waals surface area contributed by atoms with Gasteiger partial charge < -0.3 is 10.6 Å². The van der Waals surface area contributed by atoms with E-state index in [0.29, 0.717) is 18.4 Å². The van der Waals surface area contributed by atoms with Crippen molar-refractivity contribution >= 4 is 18.3 Å². The number of hydrogen-bond acceptors (Lipinski definition) is 2. The van der Waals surface area contributed by atoms with Gasteiger partial charge in [-0.25, -0.2) is 0 Å². The van der Waals surface area contributed by atoms with Gasteiger partial charge in [0.25, 0.3) is 0 Å². The summed E-state index contributed by atoms with van der Waals surface area (Å²) in [4.78, 5) is 11.8. The van der Waals surface area contributed by atoms with Crippen molar-refractivity contribution in [3.05, 3.63) is 35.4 Å². The van der Waals surface area contributed by atoms with Gasteiger partial charge in [0.2, 0.25) is 5.91 Å². The maximum absolute atomic E-state index is 11.8. The van der Waals surface area contributed by atoms with E-state index in [1.807, 2.05) is 0 Å². The molecule has 1 aliphatic rings. The van der Waals surface area contributed by atoms with Crippen molar-refractivity contribution in [1.29, 1.82) is 0 Å². The summed E-state index contributed by atoms with van der Waals surface area (Å²) in [5.74, 6) is 0.770. The van der Waals surface area contributed by atoms with Crippen LogP contribution in [0.15, 0.2) is 24.3 Å². The molecule has 3 nitrogen and oxygen atoms in total. The van der Waals surface area contributed by atoms with E-state index < -0.39 is 0 Å². The van der Waals surface area contributed by atoms with E-state index in [-0.39, 0.29) is 18.3 Å². The summed E-state index contributed by atoms with van der Waals surface area (Å²) in [6, 6.07) is 9.24. The predicted molar refractivity (Wildman–Crippen MR) is 94.8 cm³/mol. The summed E-state index contributed by atoms with van der Waals surface area (Å²) < 4.78 is 0. The highest BCUT2D eigenvalue weighted by atomic mass is 35.5. The lowest BCUT2D eigenvalue weighted by molar-refractivity contribution is -0.121. The van der Waals surface area contributed by atoms with E-state index in [1.165, 1.54) is 17.5 Å². The van der Waals surface area contributed by atoms with Gasteiger partial charge in [0.05, 0.1) is 0 Å². The number of amides is 1. The van der Waals surface area contributed by atoms with Crippen LogP contribution in [0, 0.1) is 0 Å². The fraction of sp³-hybridized carbons (Fsp3) is 0.611. The molecule has 124 valence electrons. The Morgan fingerprint density at radius 2 is 2.05 bits per heavy atom. The van der Waals surface area contributed by atoms with E-state index >= 15 is 0 Å². The van der Waals surface area contributed by atoms with Gasteiger partial charge in [0.15, 0.2) is 0 Å². The van der Waals surface area contributed by atoms with Crippen LogP contribution in [-0.2, 0) is 11.2 Å². The minimum absolute atomic E-state index is 0. The van der Waals surface area contributed by atoms with E-state index in [4.69, 9.17) is 0 Å². The zero-order valence-corrected chi connectivity index (χ0v) is 14.5. The molecule has 0 aliphatic carbocycles. The molecule has 1 saturated heterocycles. The van der Waals surface area contributed by atoms with Crippen molar-refractivity contribution in [2.45, 2.75) is 57.9 Å². The third-order valence-electron chi connectivity index (χ3n) is 4.20. The lowest BCUT2D eigenvalue weighted by Crippen LogP contribution is -2.32. The minimum atomic E-state index is 0. The average molecular weight is 325 g/mol. The number of halogens is 1. The summed E-state index contributed by atoms with van der Waals surface area (Å²) in [6.07, 6.45) is 4.99. The average Bonchev–Trinajstić information content (AvgIpc) is 2.97. The summed E-state index contributed by atoms with van der Waals surface area (Å²) in [6.45, 7) is 6.26. The van der Waals surface area contributed by atoms with Gasteiger partial charge in [-0.15, -0.1) is 12.4 Å². The van der Waals surface area contributed by atoms with Crippen molar-refractivity contribution in [1.82, 2.24) is 10.6 Å². The van der Waals surface area contributed by atoms with Crippen LogP contribution in [0.2, 0.25) is 0 Å². The molecule has 0 bridgehead atoms. The molecule has 0 aromatic heterocycles. The standard InChI is InChI=1S/C18H28N2O.ClH/c1-14(2)16-9-7-15(8-10-16)5-3-12-20-18(21)13-17-6-4-11-19-17;/h7-10,14,17,19H,3-6,11-13H2,1-2H3,(H,20,21);1H. The molecular weight excluding hydrogens is 296 g/mol. The second-order valence-electron chi connectivity index (χ2n) is 6.35. The van der Waals surface area contributed by atoms with Crippen molar-refractivity contribution in [3.63, 3.8) is 0 Å². The molecule has 1 unspecified atom stereocenters. The lowest BCUT2D eigenvalue weighted by atomic mass is 10.0. The molecule has 1 aliphatic heterocycles. The number of benzene rings is 1. The van der Waals surface area contributed by atoms with E-state index in [9.17, 15) is 4.79 Å². The van der Waals surface area contributed by atoms with Gasteiger partial charge in [-0.1, -0.05) is 38.1 Å². The Hall–Kier alpha value is -1.06. The Kier molecular flexibility index (Phi) is 8.51. The van der Waals surface area contributed by atoms with Gasteiger partial charge >= 0.3 is 0 Å². The first-order chi connectivity index (χ1) is 10.1. The zero-order valence-electron chi connectivity index (χ0n) is 13.7. The highest BCUT2D eigenvalue weighted by Gasteiger charge is 2.16. The van der Waals surface area contributed by atoms with Gasteiger partial charge in [-0.2, -0.15) is 0 Å². The molecule has 22 heavy (non-hydrogen) atoms. The van der Waals surface area contributed by atoms with Crippen molar-refractivity contribution in [2.24, 2.45) is 0 Å². The Balaban J connectivity index is 0.00000242. The van der Waals surface area contributed by atoms with Crippen molar-refractivity contribution in [2.75, 3.05) is 13.1 Å². The topological polar surface area (TPSA) is 41.1 Å². The van der Waals surface area contributed by atoms with Crippen molar-refractivity contribution < 1.29 is 4.79 Å². The molecule has 1 aromatic carbocycles. The summed E-state index contributed by atoms with van der Waals surface area (Å²) >= 11 is 0. The second-order valence-corrected chi connectivity index (χ2v) is 6.35. The molecule has 0 spiro atoms. The Morgan fingerprint density at radius 1 is 1.32 bits per heavy atom. The third kappa shape index (κ3) is 6.37. The Bertz CT molecular complexity index is 439. The normalized spacial score (nSPS) is 17.3. The lowest BCUT2D eigenvalue weighted by Gasteiger charge is -2.10. The first kappa shape index (κ1) is 19.0.